The summed E-state index contributed by atoms with van der Waals surface area (Å²) in [7, 11) is 0. The molecule has 12 heavy (non-hydrogen) atoms. The Morgan fingerprint density at radius 3 is 3.08 bits per heavy atom. The Kier molecular flexibility index (Phi) is 1.65. The number of ether oxygens (including phenoxy) is 2. The van der Waals surface area contributed by atoms with E-state index in [0.29, 0.717) is 11.5 Å². The normalized spacial score (nSPS) is 20.5. The molecule has 0 aliphatic carbocycles. The molecule has 1 aromatic heterocycles. The lowest BCUT2D eigenvalue weighted by Gasteiger charge is -2.20. The zero-order chi connectivity index (χ0) is 8.55. The fourth-order valence-corrected chi connectivity index (χ4v) is 1.61. The summed E-state index contributed by atoms with van der Waals surface area (Å²) in [5.41, 5.74) is 0. The first-order valence-corrected chi connectivity index (χ1v) is 4.30. The molecule has 0 fully saturated rings. The fourth-order valence-electron chi connectivity index (χ4n) is 0.939. The van der Waals surface area contributed by atoms with Crippen molar-refractivity contribution < 1.29 is 19.4 Å². The van der Waals surface area contributed by atoms with Crippen LogP contribution in [0.3, 0.4) is 0 Å². The predicted octanol–water partition coefficient (Wildman–Crippen LogP) is 0.973. The zero-order valence-corrected chi connectivity index (χ0v) is 6.84. The third-order valence-corrected chi connectivity index (χ3v) is 2.23. The van der Waals surface area contributed by atoms with Crippen molar-refractivity contribution in [3.8, 4) is 11.5 Å². The summed E-state index contributed by atoms with van der Waals surface area (Å²) >= 11 is 1.43. The van der Waals surface area contributed by atoms with Gasteiger partial charge in [0, 0.05) is 10.8 Å². The van der Waals surface area contributed by atoms with Gasteiger partial charge in [0.1, 0.15) is 6.61 Å². The Hall–Kier alpha value is -1.23. The van der Waals surface area contributed by atoms with E-state index in [0.717, 1.165) is 0 Å². The maximum absolute atomic E-state index is 10.5. The van der Waals surface area contributed by atoms with Crippen LogP contribution in [0.15, 0.2) is 10.8 Å². The second-order valence-corrected chi connectivity index (χ2v) is 3.10. The first-order valence-electron chi connectivity index (χ1n) is 3.36. The van der Waals surface area contributed by atoms with Gasteiger partial charge in [0.15, 0.2) is 11.5 Å². The predicted molar refractivity (Wildman–Crippen MR) is 41.9 cm³/mol. The maximum Gasteiger partial charge on any atom is 0.348 e. The average molecular weight is 186 g/mol. The second kappa shape index (κ2) is 2.67. The van der Waals surface area contributed by atoms with Crippen molar-refractivity contribution in [3.63, 3.8) is 0 Å². The summed E-state index contributed by atoms with van der Waals surface area (Å²) in [5, 5.41) is 12.1. The van der Waals surface area contributed by atoms with Gasteiger partial charge in [-0.15, -0.1) is 11.3 Å². The van der Waals surface area contributed by atoms with E-state index < -0.39 is 12.1 Å². The van der Waals surface area contributed by atoms with Crippen molar-refractivity contribution in [2.75, 3.05) is 6.61 Å². The molecule has 1 aliphatic heterocycles. The largest absolute Gasteiger partial charge is 0.484 e. The number of hydrogen-bond acceptors (Lipinski definition) is 4. The summed E-state index contributed by atoms with van der Waals surface area (Å²) < 4.78 is 10.3. The Bertz CT molecular complexity index is 306. The van der Waals surface area contributed by atoms with Crippen molar-refractivity contribution >= 4 is 17.3 Å². The molecule has 4 nitrogen and oxygen atoms in total. The molecule has 2 heterocycles. The highest BCUT2D eigenvalue weighted by atomic mass is 32.1. The Morgan fingerprint density at radius 1 is 1.58 bits per heavy atom. The minimum absolute atomic E-state index is 0.0824. The van der Waals surface area contributed by atoms with Crippen molar-refractivity contribution in [2.24, 2.45) is 0 Å². The van der Waals surface area contributed by atoms with Crippen LogP contribution in [-0.4, -0.2) is 23.8 Å². The second-order valence-electron chi connectivity index (χ2n) is 2.36. The van der Waals surface area contributed by atoms with Crippen LogP contribution >= 0.6 is 11.3 Å². The molecule has 0 bridgehead atoms. The summed E-state index contributed by atoms with van der Waals surface area (Å²) in [6.07, 6.45) is -0.868. The fraction of sp³-hybridized carbons (Fsp3) is 0.286. The van der Waals surface area contributed by atoms with Crippen molar-refractivity contribution in [3.05, 3.63) is 10.8 Å². The Balaban J connectivity index is 2.20. The van der Waals surface area contributed by atoms with E-state index in [4.69, 9.17) is 14.6 Å². The topological polar surface area (TPSA) is 55.8 Å². The van der Waals surface area contributed by atoms with Crippen molar-refractivity contribution in [1.29, 1.82) is 0 Å². The first kappa shape index (κ1) is 7.42. The monoisotopic (exact) mass is 186 g/mol. The molecule has 0 aromatic carbocycles. The van der Waals surface area contributed by atoms with Gasteiger partial charge in [-0.3, -0.25) is 0 Å². The highest BCUT2D eigenvalue weighted by Gasteiger charge is 2.27. The maximum atomic E-state index is 10.5. The van der Waals surface area contributed by atoms with Crippen LogP contribution in [-0.2, 0) is 4.79 Å². The number of carboxylic acids is 1. The lowest BCUT2D eigenvalue weighted by Crippen LogP contribution is -2.35. The van der Waals surface area contributed by atoms with Crippen LogP contribution in [0.4, 0.5) is 0 Å². The molecule has 1 aliphatic rings. The minimum Gasteiger partial charge on any atom is -0.484 e. The van der Waals surface area contributed by atoms with Crippen LogP contribution < -0.4 is 9.47 Å². The summed E-state index contributed by atoms with van der Waals surface area (Å²) in [5.74, 6) is 0.169. The molecule has 1 N–H and O–H groups in total. The smallest absolute Gasteiger partial charge is 0.348 e. The van der Waals surface area contributed by atoms with Crippen LogP contribution in [0.1, 0.15) is 0 Å². The number of aliphatic carboxylic acids is 1. The van der Waals surface area contributed by atoms with Crippen LogP contribution in [0.25, 0.3) is 0 Å². The van der Waals surface area contributed by atoms with Gasteiger partial charge < -0.3 is 14.6 Å². The quantitative estimate of drug-likeness (QED) is 0.710. The molecule has 1 aromatic rings. The third kappa shape index (κ3) is 1.12. The molecule has 0 radical (unpaired) electrons. The van der Waals surface area contributed by atoms with E-state index in [9.17, 15) is 4.79 Å². The number of carboxylic acid groups (broad SMARTS) is 1. The lowest BCUT2D eigenvalue weighted by molar-refractivity contribution is -0.147. The van der Waals surface area contributed by atoms with Crippen LogP contribution in [0.2, 0.25) is 0 Å². The third-order valence-electron chi connectivity index (χ3n) is 1.53. The molecule has 5 heteroatoms. The molecule has 0 saturated carbocycles. The van der Waals surface area contributed by atoms with E-state index in [2.05, 4.69) is 0 Å². The van der Waals surface area contributed by atoms with Gasteiger partial charge in [-0.1, -0.05) is 0 Å². The molecule has 0 amide bonds. The van der Waals surface area contributed by atoms with Gasteiger partial charge >= 0.3 is 5.97 Å². The number of hydrogen-bond donors (Lipinski definition) is 1. The van der Waals surface area contributed by atoms with E-state index in [1.165, 1.54) is 11.3 Å². The highest BCUT2D eigenvalue weighted by molar-refractivity contribution is 7.08. The number of thiophene rings is 1. The summed E-state index contributed by atoms with van der Waals surface area (Å²) in [4.78, 5) is 10.5. The molecule has 64 valence electrons. The molecule has 0 saturated heterocycles. The molecule has 0 spiro atoms. The molecule has 1 atom stereocenters. The SMILES string of the molecule is O=C(O)C1COc2cscc2O1. The van der Waals surface area contributed by atoms with E-state index >= 15 is 0 Å². The number of fused-ring (bicyclic) bond motifs is 1. The van der Waals surface area contributed by atoms with Crippen molar-refractivity contribution in [2.45, 2.75) is 6.10 Å². The van der Waals surface area contributed by atoms with E-state index in [1.807, 2.05) is 0 Å². The van der Waals surface area contributed by atoms with E-state index in [-0.39, 0.29) is 6.61 Å². The lowest BCUT2D eigenvalue weighted by atomic mass is 10.3. The molecular formula is C7H6O4S. The zero-order valence-electron chi connectivity index (χ0n) is 6.02. The molecule has 2 rings (SSSR count). The van der Waals surface area contributed by atoms with Gasteiger partial charge in [-0.2, -0.15) is 0 Å². The van der Waals surface area contributed by atoms with Gasteiger partial charge in [-0.05, 0) is 0 Å². The number of carbonyl (C=O) groups is 1. The molecular weight excluding hydrogens is 180 g/mol. The van der Waals surface area contributed by atoms with Gasteiger partial charge in [-0.25, -0.2) is 4.79 Å². The van der Waals surface area contributed by atoms with E-state index in [1.54, 1.807) is 10.8 Å². The van der Waals surface area contributed by atoms with Gasteiger partial charge in [0.25, 0.3) is 0 Å². The standard InChI is InChI=1S/C7H6O4S/c8-7(9)4-1-10-5-2-12-3-6(5)11-4/h2-4H,1H2,(H,8,9). The Labute approximate surface area is 72.3 Å². The highest BCUT2D eigenvalue weighted by Crippen LogP contribution is 2.35. The van der Waals surface area contributed by atoms with Crippen molar-refractivity contribution in [1.82, 2.24) is 0 Å². The molecule has 1 unspecified atom stereocenters. The van der Waals surface area contributed by atoms with Crippen LogP contribution in [0, 0.1) is 0 Å². The Morgan fingerprint density at radius 2 is 2.33 bits per heavy atom. The average Bonchev–Trinajstić information content (AvgIpc) is 2.49. The first-order chi connectivity index (χ1) is 5.77. The van der Waals surface area contributed by atoms with Gasteiger partial charge in [0.05, 0.1) is 0 Å². The number of rotatable bonds is 1. The summed E-state index contributed by atoms with van der Waals surface area (Å²) in [6.45, 7) is 0.0824. The minimum atomic E-state index is -0.994. The summed E-state index contributed by atoms with van der Waals surface area (Å²) in [6, 6.07) is 0. The van der Waals surface area contributed by atoms with Gasteiger partial charge in [0.2, 0.25) is 6.10 Å². The van der Waals surface area contributed by atoms with Crippen LogP contribution in [0.5, 0.6) is 11.5 Å².